The maximum atomic E-state index is 12.4. The zero-order valence-electron chi connectivity index (χ0n) is 9.76. The summed E-state index contributed by atoms with van der Waals surface area (Å²) in [5.74, 6) is -1.34. The number of halogens is 3. The van der Waals surface area contributed by atoms with Gasteiger partial charge in [0.2, 0.25) is 0 Å². The number of rotatable bonds is 3. The molecule has 1 aliphatic carbocycles. The molecule has 7 heteroatoms. The van der Waals surface area contributed by atoms with E-state index < -0.39 is 27.5 Å². The van der Waals surface area contributed by atoms with Crippen LogP contribution in [-0.4, -0.2) is 32.1 Å². The molecular weight excluding hydrogens is 255 g/mol. The van der Waals surface area contributed by atoms with Crippen molar-refractivity contribution < 1.29 is 21.6 Å². The van der Waals surface area contributed by atoms with Gasteiger partial charge in [0.25, 0.3) is 0 Å². The molecule has 0 atom stereocenters. The van der Waals surface area contributed by atoms with Gasteiger partial charge in [-0.25, -0.2) is 8.42 Å². The lowest BCUT2D eigenvalue weighted by Gasteiger charge is -2.37. The van der Waals surface area contributed by atoms with Gasteiger partial charge in [-0.2, -0.15) is 13.2 Å². The van der Waals surface area contributed by atoms with Crippen molar-refractivity contribution in [3.8, 4) is 0 Å². The quantitative estimate of drug-likeness (QED) is 0.854. The minimum atomic E-state index is -4.15. The molecule has 1 saturated carbocycles. The summed E-state index contributed by atoms with van der Waals surface area (Å²) in [5.41, 5.74) is 5.19. The van der Waals surface area contributed by atoms with Gasteiger partial charge >= 0.3 is 6.18 Å². The third-order valence-electron chi connectivity index (χ3n) is 3.42. The monoisotopic (exact) mass is 273 g/mol. The highest BCUT2D eigenvalue weighted by Crippen LogP contribution is 2.41. The standard InChI is InChI=1S/C10H18F3NO2S/c1-17(15,16)7-6-9(14)4-2-8(3-5-9)10(11,12)13/h8H,2-7,14H2,1H3. The van der Waals surface area contributed by atoms with Crippen LogP contribution in [0.25, 0.3) is 0 Å². The molecule has 1 aliphatic rings. The summed E-state index contributed by atoms with van der Waals surface area (Å²) in [6, 6.07) is 0. The van der Waals surface area contributed by atoms with Crippen molar-refractivity contribution in [1.82, 2.24) is 0 Å². The van der Waals surface area contributed by atoms with E-state index in [-0.39, 0.29) is 37.9 Å². The Labute approximate surface area is 99.5 Å². The van der Waals surface area contributed by atoms with Gasteiger partial charge < -0.3 is 5.73 Å². The van der Waals surface area contributed by atoms with Crippen LogP contribution in [0.15, 0.2) is 0 Å². The van der Waals surface area contributed by atoms with Crippen molar-refractivity contribution in [1.29, 1.82) is 0 Å². The van der Waals surface area contributed by atoms with Gasteiger partial charge in [-0.15, -0.1) is 0 Å². The van der Waals surface area contributed by atoms with Crippen molar-refractivity contribution in [2.45, 2.75) is 43.8 Å². The molecule has 0 heterocycles. The molecule has 0 aromatic heterocycles. The lowest BCUT2D eigenvalue weighted by molar-refractivity contribution is -0.184. The van der Waals surface area contributed by atoms with Gasteiger partial charge in [-0.3, -0.25) is 0 Å². The third-order valence-corrected chi connectivity index (χ3v) is 4.36. The second-order valence-corrected chi connectivity index (χ2v) is 7.32. The molecular formula is C10H18F3NO2S. The summed E-state index contributed by atoms with van der Waals surface area (Å²) in [4.78, 5) is 0. The van der Waals surface area contributed by atoms with E-state index in [0.29, 0.717) is 0 Å². The van der Waals surface area contributed by atoms with Gasteiger partial charge in [0.15, 0.2) is 0 Å². The van der Waals surface area contributed by atoms with Crippen molar-refractivity contribution in [2.75, 3.05) is 12.0 Å². The maximum absolute atomic E-state index is 12.4. The molecule has 0 amide bonds. The van der Waals surface area contributed by atoms with Crippen LogP contribution >= 0.6 is 0 Å². The van der Waals surface area contributed by atoms with Crippen LogP contribution in [-0.2, 0) is 9.84 Å². The minimum absolute atomic E-state index is 0.00373. The van der Waals surface area contributed by atoms with E-state index in [9.17, 15) is 21.6 Å². The molecule has 0 spiro atoms. The smallest absolute Gasteiger partial charge is 0.325 e. The van der Waals surface area contributed by atoms with E-state index in [1.807, 2.05) is 0 Å². The summed E-state index contributed by atoms with van der Waals surface area (Å²) < 4.78 is 59.3. The topological polar surface area (TPSA) is 60.2 Å². The highest BCUT2D eigenvalue weighted by atomic mass is 32.2. The van der Waals surface area contributed by atoms with Crippen molar-refractivity contribution in [2.24, 2.45) is 11.7 Å². The Balaban J connectivity index is 2.50. The second-order valence-electron chi connectivity index (χ2n) is 5.06. The summed E-state index contributed by atoms with van der Waals surface area (Å²) >= 11 is 0. The number of nitrogens with two attached hydrogens (primary N) is 1. The number of sulfone groups is 1. The fourth-order valence-electron chi connectivity index (χ4n) is 2.16. The maximum Gasteiger partial charge on any atom is 0.391 e. The fraction of sp³-hybridized carbons (Fsp3) is 1.00. The normalized spacial score (nSPS) is 31.5. The molecule has 3 nitrogen and oxygen atoms in total. The first-order valence-electron chi connectivity index (χ1n) is 5.55. The Morgan fingerprint density at radius 2 is 1.76 bits per heavy atom. The molecule has 1 rings (SSSR count). The van der Waals surface area contributed by atoms with E-state index in [2.05, 4.69) is 0 Å². The molecule has 1 fully saturated rings. The van der Waals surface area contributed by atoms with Crippen LogP contribution < -0.4 is 5.73 Å². The van der Waals surface area contributed by atoms with Crippen LogP contribution in [0.5, 0.6) is 0 Å². The van der Waals surface area contributed by atoms with Crippen LogP contribution in [0.2, 0.25) is 0 Å². The molecule has 0 aliphatic heterocycles. The lowest BCUT2D eigenvalue weighted by atomic mass is 9.75. The predicted octanol–water partition coefficient (Wildman–Crippen LogP) is 1.87. The van der Waals surface area contributed by atoms with E-state index in [4.69, 9.17) is 5.73 Å². The number of alkyl halides is 3. The van der Waals surface area contributed by atoms with Crippen LogP contribution in [0.1, 0.15) is 32.1 Å². The highest BCUT2D eigenvalue weighted by Gasteiger charge is 2.44. The van der Waals surface area contributed by atoms with E-state index in [0.717, 1.165) is 6.26 Å². The third kappa shape index (κ3) is 4.83. The Hall–Kier alpha value is -0.300. The van der Waals surface area contributed by atoms with Crippen molar-refractivity contribution >= 4 is 9.84 Å². The van der Waals surface area contributed by atoms with Gasteiger partial charge in [0.05, 0.1) is 11.7 Å². The van der Waals surface area contributed by atoms with Gasteiger partial charge in [0, 0.05) is 11.8 Å². The molecule has 0 unspecified atom stereocenters. The molecule has 0 saturated heterocycles. The lowest BCUT2D eigenvalue weighted by Crippen LogP contribution is -2.46. The molecule has 102 valence electrons. The summed E-state index contributed by atoms with van der Waals surface area (Å²) in [5, 5.41) is 0. The first-order chi connectivity index (χ1) is 7.52. The highest BCUT2D eigenvalue weighted by molar-refractivity contribution is 7.90. The van der Waals surface area contributed by atoms with Gasteiger partial charge in [0.1, 0.15) is 9.84 Å². The molecule has 0 radical (unpaired) electrons. The van der Waals surface area contributed by atoms with Crippen LogP contribution in [0.3, 0.4) is 0 Å². The van der Waals surface area contributed by atoms with Crippen LogP contribution in [0.4, 0.5) is 13.2 Å². The zero-order chi connectivity index (χ0) is 13.3. The molecule has 17 heavy (non-hydrogen) atoms. The van der Waals surface area contributed by atoms with E-state index in [1.165, 1.54) is 0 Å². The number of hydrogen-bond donors (Lipinski definition) is 1. The number of hydrogen-bond acceptors (Lipinski definition) is 3. The Bertz CT molecular complexity index is 356. The SMILES string of the molecule is CS(=O)(=O)CCC1(N)CCC(C(F)(F)F)CC1. The second kappa shape index (κ2) is 4.76. The molecule has 0 bridgehead atoms. The van der Waals surface area contributed by atoms with Gasteiger partial charge in [-0.05, 0) is 32.1 Å². The zero-order valence-corrected chi connectivity index (χ0v) is 10.6. The first kappa shape index (κ1) is 14.8. The Morgan fingerprint density at radius 3 is 2.12 bits per heavy atom. The molecule has 0 aromatic carbocycles. The van der Waals surface area contributed by atoms with E-state index in [1.54, 1.807) is 0 Å². The summed E-state index contributed by atoms with van der Waals surface area (Å²) in [6.07, 6.45) is -2.31. The summed E-state index contributed by atoms with van der Waals surface area (Å²) in [6.45, 7) is 0. The average molecular weight is 273 g/mol. The van der Waals surface area contributed by atoms with E-state index >= 15 is 0 Å². The summed E-state index contributed by atoms with van der Waals surface area (Å²) in [7, 11) is -3.11. The fourth-order valence-corrected chi connectivity index (χ4v) is 2.94. The van der Waals surface area contributed by atoms with Crippen LogP contribution in [0, 0.1) is 5.92 Å². The Morgan fingerprint density at radius 1 is 1.29 bits per heavy atom. The molecule has 0 aromatic rings. The van der Waals surface area contributed by atoms with Gasteiger partial charge in [-0.1, -0.05) is 0 Å². The minimum Gasteiger partial charge on any atom is -0.325 e. The predicted molar refractivity (Wildman–Crippen MR) is 59.3 cm³/mol. The Kier molecular flexibility index (Phi) is 4.13. The molecule has 2 N–H and O–H groups in total. The van der Waals surface area contributed by atoms with Crippen molar-refractivity contribution in [3.63, 3.8) is 0 Å². The van der Waals surface area contributed by atoms with Crippen molar-refractivity contribution in [3.05, 3.63) is 0 Å². The average Bonchev–Trinajstić information content (AvgIpc) is 2.13. The largest absolute Gasteiger partial charge is 0.391 e. The first-order valence-corrected chi connectivity index (χ1v) is 7.61.